The molecule has 0 bridgehead atoms. The quantitative estimate of drug-likeness (QED) is 0.0199. The number of hydrogen-bond donors (Lipinski definition) is 0. The van der Waals surface area contributed by atoms with Crippen molar-refractivity contribution < 1.29 is 28.6 Å². The van der Waals surface area contributed by atoms with Crippen LogP contribution in [0.25, 0.3) is 0 Å². The van der Waals surface area contributed by atoms with Crippen LogP contribution < -0.4 is 0 Å². The van der Waals surface area contributed by atoms with Crippen LogP contribution >= 0.6 is 0 Å². The topological polar surface area (TPSA) is 78.9 Å². The number of ether oxygens (including phenoxy) is 3. The van der Waals surface area contributed by atoms with Crippen molar-refractivity contribution in [1.29, 1.82) is 0 Å². The monoisotopic (exact) mass is 863 g/mol. The number of esters is 3. The molecule has 6 heteroatoms. The van der Waals surface area contributed by atoms with Gasteiger partial charge in [-0.3, -0.25) is 14.4 Å². The van der Waals surface area contributed by atoms with Gasteiger partial charge in [-0.05, 0) is 83.5 Å². The van der Waals surface area contributed by atoms with Crippen molar-refractivity contribution in [3.63, 3.8) is 0 Å². The first kappa shape index (κ1) is 58.6. The molecular formula is C56H94O6. The lowest BCUT2D eigenvalue weighted by Crippen LogP contribution is -2.30. The summed E-state index contributed by atoms with van der Waals surface area (Å²) in [7, 11) is 0. The molecule has 0 aliphatic carbocycles. The largest absolute Gasteiger partial charge is 0.462 e. The van der Waals surface area contributed by atoms with E-state index in [9.17, 15) is 14.4 Å². The highest BCUT2D eigenvalue weighted by Gasteiger charge is 2.19. The van der Waals surface area contributed by atoms with E-state index in [1.807, 2.05) is 6.08 Å². The number of rotatable bonds is 45. The second-order valence-corrected chi connectivity index (χ2v) is 16.8. The van der Waals surface area contributed by atoms with E-state index in [2.05, 4.69) is 99.8 Å². The van der Waals surface area contributed by atoms with Crippen LogP contribution in [0.1, 0.15) is 233 Å². The van der Waals surface area contributed by atoms with Gasteiger partial charge in [0.25, 0.3) is 0 Å². The van der Waals surface area contributed by atoms with Crippen molar-refractivity contribution in [2.24, 2.45) is 0 Å². The van der Waals surface area contributed by atoms with Crippen molar-refractivity contribution >= 4 is 17.9 Å². The molecule has 354 valence electrons. The summed E-state index contributed by atoms with van der Waals surface area (Å²) in [6.07, 6.45) is 64.4. The molecule has 0 spiro atoms. The summed E-state index contributed by atoms with van der Waals surface area (Å²) in [5.41, 5.74) is 0. The molecule has 0 aromatic carbocycles. The Morgan fingerprint density at radius 3 is 1.23 bits per heavy atom. The van der Waals surface area contributed by atoms with Crippen LogP contribution in [-0.2, 0) is 28.6 Å². The summed E-state index contributed by atoms with van der Waals surface area (Å²) in [5.74, 6) is -1.02. The molecule has 0 N–H and O–H groups in total. The zero-order valence-corrected chi connectivity index (χ0v) is 40.4. The normalized spacial score (nSPS) is 12.8. The predicted octanol–water partition coefficient (Wildman–Crippen LogP) is 16.8. The highest BCUT2D eigenvalue weighted by molar-refractivity contribution is 5.71. The van der Waals surface area contributed by atoms with Gasteiger partial charge in [0.1, 0.15) is 13.2 Å². The molecule has 0 aliphatic heterocycles. The van der Waals surface area contributed by atoms with Gasteiger partial charge in [0.15, 0.2) is 6.10 Å². The molecule has 0 aromatic heterocycles. The fourth-order valence-corrected chi connectivity index (χ4v) is 6.84. The van der Waals surface area contributed by atoms with E-state index >= 15 is 0 Å². The Morgan fingerprint density at radius 1 is 0.355 bits per heavy atom. The summed E-state index contributed by atoms with van der Waals surface area (Å²) >= 11 is 0. The number of hydrogen-bond acceptors (Lipinski definition) is 6. The van der Waals surface area contributed by atoms with Gasteiger partial charge in [-0.15, -0.1) is 0 Å². The minimum absolute atomic E-state index is 0.113. The van der Waals surface area contributed by atoms with Gasteiger partial charge in [-0.1, -0.05) is 215 Å². The highest BCUT2D eigenvalue weighted by Crippen LogP contribution is 2.13. The third kappa shape index (κ3) is 47.6. The van der Waals surface area contributed by atoms with Crippen LogP contribution in [0.3, 0.4) is 0 Å². The molecule has 0 saturated carbocycles. The second kappa shape index (κ2) is 50.2. The highest BCUT2D eigenvalue weighted by atomic mass is 16.6. The molecule has 0 radical (unpaired) electrons. The predicted molar refractivity (Wildman–Crippen MR) is 265 cm³/mol. The lowest BCUT2D eigenvalue weighted by molar-refractivity contribution is -0.166. The first-order chi connectivity index (χ1) is 30.5. The van der Waals surface area contributed by atoms with Crippen molar-refractivity contribution in [1.82, 2.24) is 0 Å². The van der Waals surface area contributed by atoms with E-state index in [4.69, 9.17) is 14.2 Å². The molecule has 0 heterocycles. The van der Waals surface area contributed by atoms with Gasteiger partial charge in [0.05, 0.1) is 0 Å². The smallest absolute Gasteiger partial charge is 0.306 e. The summed E-state index contributed by atoms with van der Waals surface area (Å²) in [6, 6.07) is 0. The van der Waals surface area contributed by atoms with Gasteiger partial charge in [-0.25, -0.2) is 0 Å². The number of carbonyl (C=O) groups excluding carboxylic acids is 3. The van der Waals surface area contributed by atoms with Crippen LogP contribution in [0, 0.1) is 0 Å². The average Bonchev–Trinajstić information content (AvgIpc) is 3.27. The SMILES string of the molecule is CC\C=C/C=C\C=C/CCCCCCCCCC(=O)OC(COC(=O)CC/C=C\C/C=C\CCCCCCCC)COC(=O)CCCCC/C=C\C=C/CCCCCCCCC. The van der Waals surface area contributed by atoms with Crippen LogP contribution in [0.4, 0.5) is 0 Å². The van der Waals surface area contributed by atoms with E-state index in [0.717, 1.165) is 83.5 Å². The van der Waals surface area contributed by atoms with Crippen LogP contribution in [0.2, 0.25) is 0 Å². The molecule has 1 atom stereocenters. The van der Waals surface area contributed by atoms with Gasteiger partial charge in [0, 0.05) is 19.3 Å². The Bertz CT molecular complexity index is 1220. The zero-order chi connectivity index (χ0) is 45.1. The Hall–Kier alpha value is -3.41. The Labute approximate surface area is 382 Å². The fourth-order valence-electron chi connectivity index (χ4n) is 6.84. The Morgan fingerprint density at radius 2 is 0.726 bits per heavy atom. The van der Waals surface area contributed by atoms with Gasteiger partial charge in [0.2, 0.25) is 0 Å². The number of allylic oxidation sites excluding steroid dienone is 14. The van der Waals surface area contributed by atoms with Gasteiger partial charge >= 0.3 is 17.9 Å². The van der Waals surface area contributed by atoms with Crippen molar-refractivity contribution in [3.8, 4) is 0 Å². The van der Waals surface area contributed by atoms with E-state index in [-0.39, 0.29) is 37.5 Å². The summed E-state index contributed by atoms with van der Waals surface area (Å²) in [5, 5.41) is 0. The summed E-state index contributed by atoms with van der Waals surface area (Å²) in [6.45, 7) is 6.40. The summed E-state index contributed by atoms with van der Waals surface area (Å²) in [4.78, 5) is 37.9. The Kier molecular flexibility index (Phi) is 47.5. The van der Waals surface area contributed by atoms with Crippen molar-refractivity contribution in [2.75, 3.05) is 13.2 Å². The standard InChI is InChI=1S/C56H94O6/c1-4-7-10-13-16-19-22-25-27-29-31-34-37-40-43-46-49-55(58)61-52-53(51-60-54(57)48-45-42-39-36-33-30-24-21-18-15-12-9-6-3)62-56(59)50-47-44-41-38-35-32-28-26-23-20-17-14-11-8-5-2/h8,11,14,17,20,23,27,29-31,33-34,39,42,53H,4-7,9-10,12-13,15-16,18-19,21-22,24-26,28,32,35-38,40-41,43-52H2,1-3H3/b11-8-,17-14-,23-20-,29-27-,33-30-,34-31-,42-39-. The molecule has 6 nitrogen and oxygen atoms in total. The number of unbranched alkanes of at least 4 members (excludes halogenated alkanes) is 23. The first-order valence-corrected chi connectivity index (χ1v) is 25.6. The van der Waals surface area contributed by atoms with E-state index in [1.165, 1.54) is 103 Å². The molecule has 0 amide bonds. The summed E-state index contributed by atoms with van der Waals surface area (Å²) < 4.78 is 16.7. The molecule has 62 heavy (non-hydrogen) atoms. The molecule has 1 unspecified atom stereocenters. The lowest BCUT2D eigenvalue weighted by Gasteiger charge is -2.18. The first-order valence-electron chi connectivity index (χ1n) is 25.6. The van der Waals surface area contributed by atoms with Gasteiger partial charge < -0.3 is 14.2 Å². The molecule has 0 rings (SSSR count). The third-order valence-corrected chi connectivity index (χ3v) is 10.7. The van der Waals surface area contributed by atoms with E-state index in [1.54, 1.807) is 0 Å². The maximum atomic E-state index is 12.8. The maximum Gasteiger partial charge on any atom is 0.306 e. The minimum atomic E-state index is -0.816. The third-order valence-electron chi connectivity index (χ3n) is 10.7. The number of carbonyl (C=O) groups is 3. The average molecular weight is 863 g/mol. The molecule has 0 aromatic rings. The van der Waals surface area contributed by atoms with Crippen molar-refractivity contribution in [2.45, 2.75) is 239 Å². The van der Waals surface area contributed by atoms with Gasteiger partial charge in [-0.2, -0.15) is 0 Å². The minimum Gasteiger partial charge on any atom is -0.462 e. The molecule has 0 aliphatic rings. The lowest BCUT2D eigenvalue weighted by atomic mass is 10.1. The zero-order valence-electron chi connectivity index (χ0n) is 40.4. The van der Waals surface area contributed by atoms with Crippen LogP contribution in [-0.4, -0.2) is 37.2 Å². The molecular weight excluding hydrogens is 769 g/mol. The fraction of sp³-hybridized carbons (Fsp3) is 0.696. The van der Waals surface area contributed by atoms with E-state index < -0.39 is 6.10 Å². The van der Waals surface area contributed by atoms with Crippen LogP contribution in [0.15, 0.2) is 85.1 Å². The van der Waals surface area contributed by atoms with Crippen LogP contribution in [0.5, 0.6) is 0 Å². The molecule has 0 fully saturated rings. The second-order valence-electron chi connectivity index (χ2n) is 16.8. The van der Waals surface area contributed by atoms with Crippen molar-refractivity contribution in [3.05, 3.63) is 85.1 Å². The molecule has 0 saturated heterocycles. The Balaban J connectivity index is 4.51. The maximum absolute atomic E-state index is 12.8. The van der Waals surface area contributed by atoms with E-state index in [0.29, 0.717) is 19.3 Å².